The Kier molecular flexibility index (Phi) is 2.96. The lowest BCUT2D eigenvalue weighted by atomic mass is 9.86. The van der Waals surface area contributed by atoms with Crippen LogP contribution in [-0.2, 0) is 0 Å². The van der Waals surface area contributed by atoms with Crippen molar-refractivity contribution in [1.82, 2.24) is 0 Å². The van der Waals surface area contributed by atoms with E-state index in [1.54, 1.807) is 5.92 Å². The minimum atomic E-state index is 1.34. The summed E-state index contributed by atoms with van der Waals surface area (Å²) in [7, 11) is 0. The van der Waals surface area contributed by atoms with Crippen LogP contribution < -0.4 is 0 Å². The molecule has 51 valence electrons. The topological polar surface area (TPSA) is 0 Å². The van der Waals surface area contributed by atoms with Crippen LogP contribution in [0.1, 0.15) is 45.4 Å². The van der Waals surface area contributed by atoms with Gasteiger partial charge >= 0.3 is 0 Å². The molecule has 1 aliphatic carbocycles. The molecule has 0 nitrogen and oxygen atoms in total. The highest BCUT2D eigenvalue weighted by Gasteiger charge is 2.17. The molecule has 0 aromatic heterocycles. The molecule has 0 aliphatic heterocycles. The molecule has 1 radical (unpaired) electrons. The van der Waals surface area contributed by atoms with Crippen molar-refractivity contribution in [3.63, 3.8) is 0 Å². The van der Waals surface area contributed by atoms with E-state index >= 15 is 0 Å². The van der Waals surface area contributed by atoms with Gasteiger partial charge in [0.1, 0.15) is 0 Å². The van der Waals surface area contributed by atoms with Crippen molar-refractivity contribution in [1.29, 1.82) is 0 Å². The molecule has 0 unspecified atom stereocenters. The first-order chi connectivity index (χ1) is 4.43. The Balaban J connectivity index is 2.08. The van der Waals surface area contributed by atoms with Crippen molar-refractivity contribution in [2.45, 2.75) is 45.4 Å². The Morgan fingerprint density at radius 2 is 2.00 bits per heavy atom. The molecule has 1 aliphatic rings. The van der Waals surface area contributed by atoms with Crippen LogP contribution in [0.5, 0.6) is 0 Å². The molecule has 0 heterocycles. The normalized spacial score (nSPS) is 21.4. The van der Waals surface area contributed by atoms with Crippen LogP contribution >= 0.6 is 0 Å². The summed E-state index contributed by atoms with van der Waals surface area (Å²) < 4.78 is 0. The Morgan fingerprint density at radius 1 is 1.33 bits per heavy atom. The Hall–Kier alpha value is -0.130. The largest absolute Gasteiger partial charge is 0.0880 e. The maximum atomic E-state index is 2.42. The Morgan fingerprint density at radius 3 is 2.56 bits per heavy atom. The highest BCUT2D eigenvalue weighted by molar-refractivity contribution is 4.96. The predicted molar refractivity (Wildman–Crippen MR) is 40.9 cm³/mol. The van der Waals surface area contributed by atoms with Gasteiger partial charge in [0.05, 0.1) is 19.3 Å². The van der Waals surface area contributed by atoms with Gasteiger partial charge in [0, 0.05) is 0 Å². The van der Waals surface area contributed by atoms with Gasteiger partial charge in [0.2, 0.25) is 0 Å². The van der Waals surface area contributed by atoms with Gasteiger partial charge in [-0.3, -0.25) is 0 Å². The van der Waals surface area contributed by atoms with Crippen molar-refractivity contribution in [3.8, 4) is 0 Å². The zero-order chi connectivity index (χ0) is 6.53. The third-order valence-corrected chi connectivity index (χ3v) is 2.01. The zero-order valence-corrected chi connectivity index (χ0v) is 6.32. The monoisotopic (exact) mass is 124 g/mol. The van der Waals surface area contributed by atoms with Crippen molar-refractivity contribution < 1.29 is 0 Å². The molecule has 0 spiro atoms. The average molecular weight is 124 g/mol. The van der Waals surface area contributed by atoms with Gasteiger partial charge in [-0.1, -0.05) is 13.3 Å². The molecular weight excluding hydrogens is 108 g/mol. The average Bonchev–Trinajstić information content (AvgIpc) is 1.91. The van der Waals surface area contributed by atoms with E-state index in [0.717, 1.165) is 0 Å². The van der Waals surface area contributed by atoms with E-state index in [-0.39, 0.29) is 0 Å². The molecule has 1 fully saturated rings. The van der Waals surface area contributed by atoms with Gasteiger partial charge in [-0.15, -0.1) is 0 Å². The summed E-state index contributed by atoms with van der Waals surface area (Å²) in [4.78, 5) is 0. The minimum Gasteiger partial charge on any atom is -0.0654 e. The highest BCUT2D eigenvalue weighted by atomic mass is 14.2. The molecule has 0 atom stereocenters. The number of hydrogen-bond acceptors (Lipinski definition) is 0. The van der Waals surface area contributed by atoms with Crippen LogP contribution in [-0.4, -0.2) is 0 Å². The molecule has 0 aromatic carbocycles. The van der Waals surface area contributed by atoms with Gasteiger partial charge in [0.25, 0.3) is 0 Å². The standard InChI is InChI=1S/C9H16/c1-2-6-9-7-4-3-5-8-9/h3H,2,4-8H2,1H3/q+1. The molecule has 0 saturated heterocycles. The van der Waals surface area contributed by atoms with Crippen molar-refractivity contribution >= 4 is 0 Å². The summed E-state index contributed by atoms with van der Waals surface area (Å²) in [5, 5.41) is 0. The lowest BCUT2D eigenvalue weighted by Crippen LogP contribution is -2.03. The SMILES string of the molecule is CCC[C]1CC[CH+]CC1. The van der Waals surface area contributed by atoms with Crippen LogP contribution in [0.4, 0.5) is 0 Å². The van der Waals surface area contributed by atoms with Gasteiger partial charge in [-0.25, -0.2) is 0 Å². The van der Waals surface area contributed by atoms with E-state index in [4.69, 9.17) is 0 Å². The van der Waals surface area contributed by atoms with Crippen LogP contribution in [0.15, 0.2) is 0 Å². The third-order valence-electron chi connectivity index (χ3n) is 2.01. The molecule has 0 N–H and O–H groups in total. The Bertz CT molecular complexity index is 57.7. The second-order valence-electron chi connectivity index (χ2n) is 2.87. The minimum absolute atomic E-state index is 1.34. The maximum Gasteiger partial charge on any atom is 0.0880 e. The first kappa shape index (κ1) is 6.98. The molecular formula is C9H16+. The quantitative estimate of drug-likeness (QED) is 0.496. The Labute approximate surface area is 58.7 Å². The van der Waals surface area contributed by atoms with E-state index in [0.29, 0.717) is 0 Å². The van der Waals surface area contributed by atoms with E-state index in [2.05, 4.69) is 13.3 Å². The second kappa shape index (κ2) is 3.81. The summed E-state index contributed by atoms with van der Waals surface area (Å²) in [5.74, 6) is 1.81. The van der Waals surface area contributed by atoms with E-state index < -0.39 is 0 Å². The van der Waals surface area contributed by atoms with Gasteiger partial charge < -0.3 is 0 Å². The fraction of sp³-hybridized carbons (Fsp3) is 0.778. The van der Waals surface area contributed by atoms with Crippen molar-refractivity contribution in [2.75, 3.05) is 0 Å². The fourth-order valence-electron chi connectivity index (χ4n) is 1.49. The highest BCUT2D eigenvalue weighted by Crippen LogP contribution is 2.28. The van der Waals surface area contributed by atoms with Crippen LogP contribution in [0.2, 0.25) is 0 Å². The van der Waals surface area contributed by atoms with Crippen LogP contribution in [0.3, 0.4) is 0 Å². The van der Waals surface area contributed by atoms with Crippen LogP contribution in [0.25, 0.3) is 0 Å². The fourth-order valence-corrected chi connectivity index (χ4v) is 1.49. The number of rotatable bonds is 2. The summed E-state index contributed by atoms with van der Waals surface area (Å²) in [5.41, 5.74) is 0. The molecule has 9 heavy (non-hydrogen) atoms. The first-order valence-electron chi connectivity index (χ1n) is 4.08. The van der Waals surface area contributed by atoms with Gasteiger partial charge in [-0.2, -0.15) is 0 Å². The molecule has 0 bridgehead atoms. The maximum absolute atomic E-state index is 2.42. The zero-order valence-electron chi connectivity index (χ0n) is 6.32. The van der Waals surface area contributed by atoms with Gasteiger partial charge in [-0.05, 0) is 25.2 Å². The lowest BCUT2D eigenvalue weighted by Gasteiger charge is -2.14. The molecule has 0 heteroatoms. The predicted octanol–water partition coefficient (Wildman–Crippen LogP) is 3.14. The summed E-state index contributed by atoms with van der Waals surface area (Å²) in [6.07, 6.45) is 10.6. The molecule has 0 aromatic rings. The van der Waals surface area contributed by atoms with E-state index in [9.17, 15) is 0 Å². The van der Waals surface area contributed by atoms with Crippen molar-refractivity contribution in [3.05, 3.63) is 12.3 Å². The summed E-state index contributed by atoms with van der Waals surface area (Å²) >= 11 is 0. The first-order valence-corrected chi connectivity index (χ1v) is 4.08. The molecule has 0 amide bonds. The number of hydrogen-bond donors (Lipinski definition) is 0. The summed E-state index contributed by atoms with van der Waals surface area (Å²) in [6, 6.07) is 0. The third kappa shape index (κ3) is 2.30. The summed E-state index contributed by atoms with van der Waals surface area (Å²) in [6.45, 7) is 2.27. The molecule has 1 saturated carbocycles. The van der Waals surface area contributed by atoms with Crippen molar-refractivity contribution in [2.24, 2.45) is 0 Å². The van der Waals surface area contributed by atoms with Crippen LogP contribution in [0, 0.1) is 12.3 Å². The second-order valence-corrected chi connectivity index (χ2v) is 2.87. The van der Waals surface area contributed by atoms with E-state index in [1.165, 1.54) is 38.5 Å². The lowest BCUT2D eigenvalue weighted by molar-refractivity contribution is 0.575. The molecule has 1 rings (SSSR count). The van der Waals surface area contributed by atoms with E-state index in [1.807, 2.05) is 0 Å². The smallest absolute Gasteiger partial charge is 0.0654 e. The van der Waals surface area contributed by atoms with Gasteiger partial charge in [0.15, 0.2) is 0 Å².